The summed E-state index contributed by atoms with van der Waals surface area (Å²) in [5.41, 5.74) is 2.48. The molecule has 114 valence electrons. The Labute approximate surface area is 138 Å². The second-order valence-electron chi connectivity index (χ2n) is 4.91. The zero-order valence-corrected chi connectivity index (χ0v) is 13.1. The number of fused-ring (bicyclic) bond motifs is 1. The standard InChI is InChI=1S/C15H9ClN4O2S/c16-11-2-3-12(17-8-11)9-1-4-13-10(5-9)7-18-20(13)15-6-14(21)19-23(15)22/h1-8H,(H,19,21). The van der Waals surface area contributed by atoms with E-state index in [2.05, 4.69) is 14.8 Å². The first-order valence-corrected chi connectivity index (χ1v) is 8.19. The lowest BCUT2D eigenvalue weighted by atomic mass is 10.1. The van der Waals surface area contributed by atoms with Crippen molar-refractivity contribution in [2.24, 2.45) is 0 Å². The highest BCUT2D eigenvalue weighted by molar-refractivity contribution is 7.93. The Morgan fingerprint density at radius 3 is 2.74 bits per heavy atom. The second-order valence-corrected chi connectivity index (χ2v) is 6.51. The number of rotatable bonds is 2. The number of hydrogen-bond acceptors (Lipinski definition) is 4. The minimum absolute atomic E-state index is 0.322. The van der Waals surface area contributed by atoms with Crippen LogP contribution >= 0.6 is 11.6 Å². The molecule has 4 rings (SSSR count). The van der Waals surface area contributed by atoms with Crippen LogP contribution in [-0.2, 0) is 15.8 Å². The van der Waals surface area contributed by atoms with E-state index in [0.29, 0.717) is 10.1 Å². The van der Waals surface area contributed by atoms with Crippen molar-refractivity contribution in [1.29, 1.82) is 0 Å². The van der Waals surface area contributed by atoms with Crippen LogP contribution in [0.15, 0.2) is 48.8 Å². The van der Waals surface area contributed by atoms with Crippen molar-refractivity contribution in [3.63, 3.8) is 0 Å². The second kappa shape index (κ2) is 5.29. The average Bonchev–Trinajstić information content (AvgIpc) is 3.10. The summed E-state index contributed by atoms with van der Waals surface area (Å²) in [6.07, 6.45) is 4.54. The number of halogens is 1. The van der Waals surface area contributed by atoms with Gasteiger partial charge in [0.25, 0.3) is 5.91 Å². The molecule has 3 aromatic rings. The summed E-state index contributed by atoms with van der Waals surface area (Å²) in [6.45, 7) is 0. The summed E-state index contributed by atoms with van der Waals surface area (Å²) in [5.74, 6) is -0.385. The number of aromatic nitrogens is 3. The third-order valence-electron chi connectivity index (χ3n) is 3.44. The topological polar surface area (TPSA) is 76.9 Å². The van der Waals surface area contributed by atoms with Crippen LogP contribution in [0.2, 0.25) is 5.02 Å². The molecule has 1 N–H and O–H groups in total. The molecule has 1 aliphatic heterocycles. The molecule has 0 saturated heterocycles. The quantitative estimate of drug-likeness (QED) is 0.774. The normalized spacial score (nSPS) is 17.3. The Morgan fingerprint density at radius 2 is 2.04 bits per heavy atom. The van der Waals surface area contributed by atoms with Crippen LogP contribution in [0.25, 0.3) is 27.2 Å². The first kappa shape index (κ1) is 14.1. The number of pyridine rings is 1. The maximum Gasteiger partial charge on any atom is 0.258 e. The molecule has 1 aliphatic rings. The fourth-order valence-corrected chi connectivity index (χ4v) is 3.37. The summed E-state index contributed by atoms with van der Waals surface area (Å²) in [6, 6.07) is 9.30. The van der Waals surface area contributed by atoms with E-state index >= 15 is 0 Å². The minimum Gasteiger partial charge on any atom is -0.269 e. The number of hydrogen-bond donors (Lipinski definition) is 1. The molecular weight excluding hydrogens is 336 g/mol. The fraction of sp³-hybridized carbons (Fsp3) is 0. The molecule has 0 bridgehead atoms. The van der Waals surface area contributed by atoms with Crippen LogP contribution in [0, 0.1) is 0 Å². The lowest BCUT2D eigenvalue weighted by Crippen LogP contribution is -2.17. The molecule has 0 aliphatic carbocycles. The SMILES string of the molecule is O=C1C=C(n2ncc3cc(-c4ccc(Cl)cn4)ccc32)S(=O)N1. The zero-order chi connectivity index (χ0) is 16.0. The number of carbonyl (C=O) groups excluding carboxylic acids is 1. The predicted octanol–water partition coefficient (Wildman–Crippen LogP) is 2.34. The summed E-state index contributed by atoms with van der Waals surface area (Å²) in [4.78, 5) is 15.6. The predicted molar refractivity (Wildman–Crippen MR) is 88.5 cm³/mol. The third-order valence-corrected chi connectivity index (χ3v) is 4.72. The van der Waals surface area contributed by atoms with Crippen molar-refractivity contribution in [2.45, 2.75) is 0 Å². The van der Waals surface area contributed by atoms with Crippen LogP contribution in [0.5, 0.6) is 0 Å². The molecule has 23 heavy (non-hydrogen) atoms. The molecule has 2 aromatic heterocycles. The molecule has 0 radical (unpaired) electrons. The van der Waals surface area contributed by atoms with E-state index in [1.165, 1.54) is 10.8 Å². The fourth-order valence-electron chi connectivity index (χ4n) is 2.39. The van der Waals surface area contributed by atoms with Gasteiger partial charge in [0.15, 0.2) is 16.0 Å². The number of benzene rings is 1. The molecule has 1 aromatic carbocycles. The van der Waals surface area contributed by atoms with E-state index in [9.17, 15) is 9.00 Å². The largest absolute Gasteiger partial charge is 0.269 e. The summed E-state index contributed by atoms with van der Waals surface area (Å²) in [7, 11) is -1.59. The van der Waals surface area contributed by atoms with Gasteiger partial charge in [-0.05, 0) is 24.3 Å². The number of carbonyl (C=O) groups is 1. The Kier molecular flexibility index (Phi) is 3.24. The van der Waals surface area contributed by atoms with Crippen molar-refractivity contribution in [3.8, 4) is 11.3 Å². The first-order chi connectivity index (χ1) is 11.1. The molecule has 0 fully saturated rings. The summed E-state index contributed by atoms with van der Waals surface area (Å²) in [5, 5.41) is 5.99. The molecule has 1 unspecified atom stereocenters. The van der Waals surface area contributed by atoms with E-state index < -0.39 is 11.0 Å². The van der Waals surface area contributed by atoms with Gasteiger partial charge >= 0.3 is 0 Å². The minimum atomic E-state index is -1.59. The van der Waals surface area contributed by atoms with Crippen LogP contribution < -0.4 is 4.72 Å². The van der Waals surface area contributed by atoms with Gasteiger partial charge in [-0.2, -0.15) is 5.10 Å². The van der Waals surface area contributed by atoms with Gasteiger partial charge in [0.05, 0.1) is 22.4 Å². The first-order valence-electron chi connectivity index (χ1n) is 6.66. The summed E-state index contributed by atoms with van der Waals surface area (Å²) < 4.78 is 15.7. The molecular formula is C15H9ClN4O2S. The van der Waals surface area contributed by atoms with Crippen molar-refractivity contribution in [1.82, 2.24) is 19.5 Å². The molecule has 6 nitrogen and oxygen atoms in total. The lowest BCUT2D eigenvalue weighted by molar-refractivity contribution is -0.114. The maximum atomic E-state index is 11.9. The van der Waals surface area contributed by atoms with Gasteiger partial charge in [-0.15, -0.1) is 0 Å². The Balaban J connectivity index is 1.80. The van der Waals surface area contributed by atoms with Crippen molar-refractivity contribution in [3.05, 3.63) is 53.8 Å². The molecule has 8 heteroatoms. The molecule has 1 atom stereocenters. The van der Waals surface area contributed by atoms with E-state index in [4.69, 9.17) is 11.6 Å². The molecule has 0 spiro atoms. The van der Waals surface area contributed by atoms with Crippen molar-refractivity contribution >= 4 is 44.4 Å². The van der Waals surface area contributed by atoms with Crippen LogP contribution in [0.3, 0.4) is 0 Å². The van der Waals surface area contributed by atoms with Gasteiger partial charge in [0.2, 0.25) is 0 Å². The highest BCUT2D eigenvalue weighted by atomic mass is 35.5. The van der Waals surface area contributed by atoms with Gasteiger partial charge in [-0.25, -0.2) is 8.89 Å². The van der Waals surface area contributed by atoms with Gasteiger partial charge in [-0.3, -0.25) is 14.5 Å². The van der Waals surface area contributed by atoms with Gasteiger partial charge < -0.3 is 0 Å². The third kappa shape index (κ3) is 2.43. The van der Waals surface area contributed by atoms with E-state index in [-0.39, 0.29) is 5.91 Å². The Morgan fingerprint density at radius 1 is 1.17 bits per heavy atom. The molecule has 3 heterocycles. The highest BCUT2D eigenvalue weighted by Crippen LogP contribution is 2.26. The summed E-state index contributed by atoms with van der Waals surface area (Å²) >= 11 is 5.85. The highest BCUT2D eigenvalue weighted by Gasteiger charge is 2.23. The monoisotopic (exact) mass is 344 g/mol. The van der Waals surface area contributed by atoms with Crippen molar-refractivity contribution in [2.75, 3.05) is 0 Å². The Bertz CT molecular complexity index is 994. The number of nitrogens with zero attached hydrogens (tertiary/aromatic N) is 3. The van der Waals surface area contributed by atoms with Crippen LogP contribution in [0.1, 0.15) is 0 Å². The van der Waals surface area contributed by atoms with Crippen LogP contribution in [0.4, 0.5) is 0 Å². The smallest absolute Gasteiger partial charge is 0.258 e. The van der Waals surface area contributed by atoms with Crippen molar-refractivity contribution < 1.29 is 9.00 Å². The van der Waals surface area contributed by atoms with Gasteiger partial charge in [-0.1, -0.05) is 17.7 Å². The van der Waals surface area contributed by atoms with Gasteiger partial charge in [0, 0.05) is 23.2 Å². The van der Waals surface area contributed by atoms with E-state index in [1.807, 2.05) is 24.3 Å². The lowest BCUT2D eigenvalue weighted by Gasteiger charge is -2.04. The van der Waals surface area contributed by atoms with Gasteiger partial charge in [0.1, 0.15) is 0 Å². The number of amides is 1. The Hall–Kier alpha value is -2.51. The van der Waals surface area contributed by atoms with E-state index in [1.54, 1.807) is 18.5 Å². The van der Waals surface area contributed by atoms with E-state index in [0.717, 1.165) is 22.2 Å². The van der Waals surface area contributed by atoms with Crippen LogP contribution in [-0.4, -0.2) is 24.9 Å². The average molecular weight is 345 g/mol. The molecule has 0 saturated carbocycles. The number of nitrogens with one attached hydrogen (secondary N) is 1. The maximum absolute atomic E-state index is 11.9. The molecule has 1 amide bonds. The zero-order valence-electron chi connectivity index (χ0n) is 11.6.